The second-order valence-corrected chi connectivity index (χ2v) is 10.8. The largest absolute Gasteiger partial charge is 0.743 e. The van der Waals surface area contributed by atoms with Gasteiger partial charge in [-0.05, 0) is 106 Å². The lowest BCUT2D eigenvalue weighted by Gasteiger charge is -2.29. The summed E-state index contributed by atoms with van der Waals surface area (Å²) >= 11 is 6.24. The van der Waals surface area contributed by atoms with Crippen LogP contribution in [0.2, 0.25) is 0 Å². The van der Waals surface area contributed by atoms with Crippen LogP contribution in [-0.2, 0) is 24.4 Å². The molecule has 0 N–H and O–H groups in total. The standard InChI is InChI=1S/C15H13F2I3O7S/c16-15(17,28(23,24)25)14(22)27-9-3-1-8(2-4-9)26-13(21)10-5-7(18)6-11(19)12(10)20/h5-6,8-9H,1-4H2,(H,23,24,25)/p-1. The van der Waals surface area contributed by atoms with E-state index in [-0.39, 0.29) is 25.7 Å². The highest BCUT2D eigenvalue weighted by atomic mass is 127. The van der Waals surface area contributed by atoms with Crippen molar-refractivity contribution in [3.8, 4) is 0 Å². The average Bonchev–Trinajstić information content (AvgIpc) is 2.58. The van der Waals surface area contributed by atoms with Crippen molar-refractivity contribution in [2.24, 2.45) is 0 Å². The van der Waals surface area contributed by atoms with Crippen molar-refractivity contribution < 1.29 is 40.8 Å². The van der Waals surface area contributed by atoms with Gasteiger partial charge in [0.25, 0.3) is 0 Å². The van der Waals surface area contributed by atoms with Crippen LogP contribution in [0.25, 0.3) is 0 Å². The number of benzene rings is 1. The van der Waals surface area contributed by atoms with Gasteiger partial charge in [-0.3, -0.25) is 0 Å². The fourth-order valence-electron chi connectivity index (χ4n) is 2.51. The van der Waals surface area contributed by atoms with E-state index in [1.54, 1.807) is 6.07 Å². The molecule has 0 amide bonds. The molecule has 1 saturated carbocycles. The normalized spacial score (nSPS) is 20.5. The molecule has 0 heterocycles. The van der Waals surface area contributed by atoms with Crippen LogP contribution in [0.5, 0.6) is 0 Å². The van der Waals surface area contributed by atoms with Crippen LogP contribution >= 0.6 is 67.8 Å². The van der Waals surface area contributed by atoms with E-state index in [0.717, 1.165) is 10.7 Å². The maximum atomic E-state index is 13.2. The van der Waals surface area contributed by atoms with E-state index >= 15 is 0 Å². The topological polar surface area (TPSA) is 110 Å². The molecule has 1 aromatic carbocycles. The number of hydrogen-bond acceptors (Lipinski definition) is 7. The van der Waals surface area contributed by atoms with Crippen molar-refractivity contribution >= 4 is 89.8 Å². The summed E-state index contributed by atoms with van der Waals surface area (Å²) in [6.07, 6.45) is -0.779. The highest BCUT2D eigenvalue weighted by molar-refractivity contribution is 14.1. The Morgan fingerprint density at radius 3 is 2.04 bits per heavy atom. The van der Waals surface area contributed by atoms with Crippen LogP contribution in [-0.4, -0.2) is 42.4 Å². The number of esters is 2. The predicted molar refractivity (Wildman–Crippen MR) is 117 cm³/mol. The van der Waals surface area contributed by atoms with Gasteiger partial charge < -0.3 is 14.0 Å². The van der Waals surface area contributed by atoms with Crippen LogP contribution in [0.4, 0.5) is 8.78 Å². The van der Waals surface area contributed by atoms with Gasteiger partial charge in [0.2, 0.25) is 0 Å². The number of hydrogen-bond donors (Lipinski definition) is 0. The first kappa shape index (κ1) is 24.4. The molecule has 0 aromatic heterocycles. The SMILES string of the molecule is O=C(OC1CCC(OC(=O)C(F)(F)S(=O)(=O)[O-])CC1)c1cc(I)cc(I)c1I. The molecule has 0 radical (unpaired) electrons. The van der Waals surface area contributed by atoms with Crippen LogP contribution in [0.3, 0.4) is 0 Å². The minimum atomic E-state index is -6.15. The lowest BCUT2D eigenvalue weighted by Crippen LogP contribution is -2.42. The maximum absolute atomic E-state index is 13.2. The molecule has 0 unspecified atom stereocenters. The number of carbonyl (C=O) groups excluding carboxylic acids is 2. The zero-order chi connectivity index (χ0) is 21.3. The monoisotopic (exact) mass is 755 g/mol. The van der Waals surface area contributed by atoms with Crippen molar-refractivity contribution in [3.05, 3.63) is 28.4 Å². The lowest BCUT2D eigenvalue weighted by atomic mass is 9.95. The number of ether oxygens (including phenoxy) is 2. The van der Waals surface area contributed by atoms with E-state index in [4.69, 9.17) is 4.74 Å². The summed E-state index contributed by atoms with van der Waals surface area (Å²) in [4.78, 5) is 23.7. The fourth-order valence-corrected chi connectivity index (χ4v) is 5.14. The summed E-state index contributed by atoms with van der Waals surface area (Å²) < 4.78 is 70.2. The maximum Gasteiger partial charge on any atom is 0.428 e. The lowest BCUT2D eigenvalue weighted by molar-refractivity contribution is -0.169. The highest BCUT2D eigenvalue weighted by Gasteiger charge is 2.49. The van der Waals surface area contributed by atoms with Gasteiger partial charge in [-0.1, -0.05) is 0 Å². The van der Waals surface area contributed by atoms with E-state index in [9.17, 15) is 31.3 Å². The Morgan fingerprint density at radius 2 is 1.54 bits per heavy atom. The molecular weight excluding hydrogens is 743 g/mol. The Kier molecular flexibility index (Phi) is 8.28. The summed E-state index contributed by atoms with van der Waals surface area (Å²) in [6, 6.07) is 3.61. The van der Waals surface area contributed by atoms with Crippen molar-refractivity contribution in [1.82, 2.24) is 0 Å². The van der Waals surface area contributed by atoms with E-state index in [0.29, 0.717) is 5.56 Å². The minimum absolute atomic E-state index is 0.0968. The van der Waals surface area contributed by atoms with Crippen molar-refractivity contribution in [1.29, 1.82) is 0 Å². The first-order valence-electron chi connectivity index (χ1n) is 7.72. The molecule has 13 heteroatoms. The molecule has 1 aliphatic carbocycles. The molecular formula is C15H12F2I3O7S-. The molecule has 2 rings (SSSR count). The molecule has 0 spiro atoms. The molecule has 1 aliphatic rings. The second-order valence-electron chi connectivity index (χ2n) is 5.93. The Bertz CT molecular complexity index is 884. The molecule has 0 aliphatic heterocycles. The number of carbonyl (C=O) groups is 2. The predicted octanol–water partition coefficient (Wildman–Crippen LogP) is 3.65. The third-order valence-corrected chi connectivity index (χ3v) is 8.40. The Hall–Kier alpha value is 0.120. The van der Waals surface area contributed by atoms with E-state index < -0.39 is 39.5 Å². The molecule has 0 saturated heterocycles. The summed E-state index contributed by atoms with van der Waals surface area (Å²) in [5.74, 6) is -2.89. The Morgan fingerprint density at radius 1 is 1.04 bits per heavy atom. The first-order valence-corrected chi connectivity index (χ1v) is 12.4. The molecule has 1 fully saturated rings. The second kappa shape index (κ2) is 9.51. The zero-order valence-electron chi connectivity index (χ0n) is 13.8. The van der Waals surface area contributed by atoms with Crippen LogP contribution < -0.4 is 0 Å². The third kappa shape index (κ3) is 5.84. The van der Waals surface area contributed by atoms with E-state index in [1.165, 1.54) is 0 Å². The van der Waals surface area contributed by atoms with E-state index in [2.05, 4.69) is 49.9 Å². The summed E-state index contributed by atoms with van der Waals surface area (Å²) in [5.41, 5.74) is 0.422. The van der Waals surface area contributed by atoms with Crippen LogP contribution in [0, 0.1) is 10.7 Å². The van der Waals surface area contributed by atoms with Gasteiger partial charge in [-0.2, -0.15) is 8.78 Å². The van der Waals surface area contributed by atoms with Crippen molar-refractivity contribution in [3.63, 3.8) is 0 Å². The fraction of sp³-hybridized carbons (Fsp3) is 0.467. The van der Waals surface area contributed by atoms with Crippen molar-refractivity contribution in [2.75, 3.05) is 0 Å². The average molecular weight is 755 g/mol. The van der Waals surface area contributed by atoms with Crippen molar-refractivity contribution in [2.45, 2.75) is 43.1 Å². The summed E-state index contributed by atoms with van der Waals surface area (Å²) in [7, 11) is -6.15. The number of halogens is 5. The molecule has 28 heavy (non-hydrogen) atoms. The van der Waals surface area contributed by atoms with Crippen LogP contribution in [0.15, 0.2) is 12.1 Å². The molecule has 0 bridgehead atoms. The molecule has 7 nitrogen and oxygen atoms in total. The van der Waals surface area contributed by atoms with Gasteiger partial charge in [0.05, 0.1) is 5.56 Å². The molecule has 1 aromatic rings. The van der Waals surface area contributed by atoms with Gasteiger partial charge >= 0.3 is 17.2 Å². The van der Waals surface area contributed by atoms with E-state index in [1.807, 2.05) is 28.7 Å². The molecule has 0 atom stereocenters. The Balaban J connectivity index is 1.93. The van der Waals surface area contributed by atoms with Gasteiger partial charge in [-0.25, -0.2) is 18.0 Å². The number of alkyl halides is 2. The summed E-state index contributed by atoms with van der Waals surface area (Å²) in [5, 5.41) is -5.13. The zero-order valence-corrected chi connectivity index (χ0v) is 21.1. The molecule has 156 valence electrons. The smallest absolute Gasteiger partial charge is 0.428 e. The first-order chi connectivity index (χ1) is 12.8. The van der Waals surface area contributed by atoms with Crippen LogP contribution in [0.1, 0.15) is 36.0 Å². The quantitative estimate of drug-likeness (QED) is 0.196. The third-order valence-electron chi connectivity index (χ3n) is 3.93. The van der Waals surface area contributed by atoms with Gasteiger partial charge in [-0.15, -0.1) is 0 Å². The summed E-state index contributed by atoms with van der Waals surface area (Å²) in [6.45, 7) is 0. The van der Waals surface area contributed by atoms with Gasteiger partial charge in [0.1, 0.15) is 12.2 Å². The van der Waals surface area contributed by atoms with Gasteiger partial charge in [0.15, 0.2) is 10.1 Å². The Labute approximate surface area is 200 Å². The highest BCUT2D eigenvalue weighted by Crippen LogP contribution is 2.29. The number of rotatable bonds is 5. The van der Waals surface area contributed by atoms with Gasteiger partial charge in [0, 0.05) is 10.7 Å². The minimum Gasteiger partial charge on any atom is -0.743 e.